The highest BCUT2D eigenvalue weighted by Crippen LogP contribution is 2.36. The van der Waals surface area contributed by atoms with E-state index in [1.165, 1.54) is 7.11 Å². The molecule has 1 fully saturated rings. The van der Waals surface area contributed by atoms with Crippen LogP contribution in [0.25, 0.3) is 6.08 Å². The normalized spacial score (nSPS) is 19.3. The first-order valence-electron chi connectivity index (χ1n) is 12.7. The number of allylic oxidation sites excluding steroid dienone is 1. The number of anilines is 1. The van der Waals surface area contributed by atoms with Crippen molar-refractivity contribution in [3.05, 3.63) is 80.9 Å². The van der Waals surface area contributed by atoms with Crippen LogP contribution in [-0.2, 0) is 33.1 Å². The van der Waals surface area contributed by atoms with Gasteiger partial charge in [-0.3, -0.25) is 19.0 Å². The summed E-state index contributed by atoms with van der Waals surface area (Å²) < 4.78 is 54.5. The Bertz CT molecular complexity index is 1620. The van der Waals surface area contributed by atoms with Crippen LogP contribution >= 0.6 is 11.6 Å². The molecule has 1 N–H and O–H groups in total. The fourth-order valence-corrected chi connectivity index (χ4v) is 6.41. The largest absolute Gasteiger partial charge is 0.480 e. The average molecular weight is 590 g/mol. The lowest BCUT2D eigenvalue weighted by Crippen LogP contribution is -2.40. The van der Waals surface area contributed by atoms with Gasteiger partial charge in [0.25, 0.3) is 15.6 Å². The minimum Gasteiger partial charge on any atom is -0.480 e. The molecule has 0 bridgehead atoms. The summed E-state index contributed by atoms with van der Waals surface area (Å²) in [5, 5.41) is -0.259. The molecule has 0 radical (unpaired) electrons. The zero-order valence-electron chi connectivity index (χ0n) is 22.1. The number of benzene rings is 1. The number of hydrogen-bond acceptors (Lipinski definition) is 8. The highest BCUT2D eigenvalue weighted by Gasteiger charge is 2.31. The van der Waals surface area contributed by atoms with E-state index < -0.39 is 21.3 Å². The monoisotopic (exact) mass is 589 g/mol. The Labute approximate surface area is 236 Å². The first-order valence-corrected chi connectivity index (χ1v) is 14.6. The SMILES string of the molecule is COc1ncc(C2(C)C=Cc3ncc(CCN4CCOCC4)c(=O)n3C2)cc1NS(=O)(=O)c1ccc(F)cc1Cl. The Morgan fingerprint density at radius 2 is 1.98 bits per heavy atom. The van der Waals surface area contributed by atoms with Crippen LogP contribution in [0.4, 0.5) is 10.1 Å². The molecule has 212 valence electrons. The number of ether oxygens (including phenoxy) is 2. The molecule has 0 aliphatic carbocycles. The van der Waals surface area contributed by atoms with Crippen LogP contribution in [0.1, 0.15) is 23.9 Å². The molecular weight excluding hydrogens is 561 g/mol. The molecule has 2 aliphatic heterocycles. The summed E-state index contributed by atoms with van der Waals surface area (Å²) in [6.45, 7) is 6.01. The zero-order chi connectivity index (χ0) is 28.5. The van der Waals surface area contributed by atoms with Gasteiger partial charge in [-0.15, -0.1) is 0 Å². The van der Waals surface area contributed by atoms with E-state index in [1.807, 2.05) is 13.0 Å². The number of aromatic nitrogens is 3. The minimum atomic E-state index is -4.20. The Hall–Kier alpha value is -3.32. The second-order valence-electron chi connectivity index (χ2n) is 9.95. The number of sulfonamides is 1. The lowest BCUT2D eigenvalue weighted by atomic mass is 9.81. The Morgan fingerprint density at radius 3 is 2.70 bits per heavy atom. The van der Waals surface area contributed by atoms with Crippen LogP contribution in [0, 0.1) is 5.82 Å². The average Bonchev–Trinajstić information content (AvgIpc) is 2.93. The molecule has 1 atom stereocenters. The van der Waals surface area contributed by atoms with Gasteiger partial charge in [0.2, 0.25) is 5.88 Å². The van der Waals surface area contributed by atoms with E-state index in [0.29, 0.717) is 36.6 Å². The van der Waals surface area contributed by atoms with Crippen molar-refractivity contribution in [3.8, 4) is 5.88 Å². The van der Waals surface area contributed by atoms with Crippen molar-refractivity contribution < 1.29 is 22.3 Å². The summed E-state index contributed by atoms with van der Waals surface area (Å²) in [6.07, 6.45) is 7.50. The molecule has 4 heterocycles. The summed E-state index contributed by atoms with van der Waals surface area (Å²) in [5.41, 5.74) is 0.524. The molecule has 1 unspecified atom stereocenters. The van der Waals surface area contributed by atoms with E-state index in [1.54, 1.807) is 29.1 Å². The van der Waals surface area contributed by atoms with Gasteiger partial charge in [0.15, 0.2) is 0 Å². The van der Waals surface area contributed by atoms with E-state index in [-0.39, 0.29) is 33.6 Å². The van der Waals surface area contributed by atoms with Gasteiger partial charge < -0.3 is 9.47 Å². The third-order valence-electron chi connectivity index (χ3n) is 7.17. The van der Waals surface area contributed by atoms with Crippen molar-refractivity contribution in [2.24, 2.45) is 0 Å². The topological polar surface area (TPSA) is 116 Å². The van der Waals surface area contributed by atoms with Gasteiger partial charge in [-0.2, -0.15) is 0 Å². The van der Waals surface area contributed by atoms with Crippen LogP contribution in [0.15, 0.2) is 52.4 Å². The third-order valence-corrected chi connectivity index (χ3v) is 9.02. The molecule has 10 nitrogen and oxygen atoms in total. The highest BCUT2D eigenvalue weighted by atomic mass is 35.5. The molecule has 0 spiro atoms. The van der Waals surface area contributed by atoms with E-state index in [2.05, 4.69) is 19.6 Å². The number of methoxy groups -OCH3 is 1. The summed E-state index contributed by atoms with van der Waals surface area (Å²) >= 11 is 6.01. The summed E-state index contributed by atoms with van der Waals surface area (Å²) in [4.78, 5) is 24.3. The molecule has 0 saturated carbocycles. The van der Waals surface area contributed by atoms with Crippen molar-refractivity contribution in [1.82, 2.24) is 19.4 Å². The maximum absolute atomic E-state index is 13.5. The molecule has 1 aromatic carbocycles. The maximum Gasteiger partial charge on any atom is 0.263 e. The van der Waals surface area contributed by atoms with Gasteiger partial charge in [0, 0.05) is 49.6 Å². The number of pyridine rings is 1. The lowest BCUT2D eigenvalue weighted by Gasteiger charge is -2.32. The van der Waals surface area contributed by atoms with Gasteiger partial charge in [0.05, 0.1) is 25.3 Å². The Morgan fingerprint density at radius 1 is 1.20 bits per heavy atom. The number of halogens is 2. The molecule has 3 aromatic rings. The van der Waals surface area contributed by atoms with Crippen LogP contribution in [0.5, 0.6) is 5.88 Å². The minimum absolute atomic E-state index is 0.0404. The van der Waals surface area contributed by atoms with Gasteiger partial charge >= 0.3 is 0 Å². The summed E-state index contributed by atoms with van der Waals surface area (Å²) in [5.74, 6) is -0.0685. The first kappa shape index (κ1) is 28.2. The predicted molar refractivity (Wildman–Crippen MR) is 149 cm³/mol. The number of nitrogens with one attached hydrogen (secondary N) is 1. The van der Waals surface area contributed by atoms with Gasteiger partial charge in [-0.1, -0.05) is 24.6 Å². The number of nitrogens with zero attached hydrogens (tertiary/aromatic N) is 4. The summed E-state index contributed by atoms with van der Waals surface area (Å²) in [7, 11) is -2.83. The number of hydrogen-bond donors (Lipinski definition) is 1. The van der Waals surface area contributed by atoms with Crippen LogP contribution < -0.4 is 15.0 Å². The van der Waals surface area contributed by atoms with Crippen LogP contribution in [0.3, 0.4) is 0 Å². The van der Waals surface area contributed by atoms with E-state index in [0.717, 1.165) is 37.8 Å². The van der Waals surface area contributed by atoms with Gasteiger partial charge in [-0.25, -0.2) is 22.8 Å². The van der Waals surface area contributed by atoms with E-state index in [4.69, 9.17) is 21.1 Å². The molecular formula is C27H29ClFN5O5S. The highest BCUT2D eigenvalue weighted by molar-refractivity contribution is 7.92. The number of morpholine rings is 1. The maximum atomic E-state index is 13.5. The smallest absolute Gasteiger partial charge is 0.263 e. The Balaban J connectivity index is 1.42. The second kappa shape index (κ2) is 11.3. The predicted octanol–water partition coefficient (Wildman–Crippen LogP) is 3.10. The first-order chi connectivity index (χ1) is 19.1. The van der Waals surface area contributed by atoms with Crippen molar-refractivity contribution in [1.29, 1.82) is 0 Å². The molecule has 2 aromatic heterocycles. The van der Waals surface area contributed by atoms with E-state index >= 15 is 0 Å². The quantitative estimate of drug-likeness (QED) is 0.426. The van der Waals surface area contributed by atoms with Crippen molar-refractivity contribution in [2.45, 2.75) is 30.2 Å². The fraction of sp³-hybridized carbons (Fsp3) is 0.370. The zero-order valence-corrected chi connectivity index (χ0v) is 23.6. The molecule has 13 heteroatoms. The van der Waals surface area contributed by atoms with Crippen LogP contribution in [0.2, 0.25) is 5.02 Å². The molecule has 2 aliphatic rings. The number of rotatable bonds is 8. The fourth-order valence-electron chi connectivity index (χ4n) is 4.83. The number of fused-ring (bicyclic) bond motifs is 1. The molecule has 1 saturated heterocycles. The van der Waals surface area contributed by atoms with Crippen molar-refractivity contribution >= 4 is 33.4 Å². The van der Waals surface area contributed by atoms with E-state index in [9.17, 15) is 17.6 Å². The van der Waals surface area contributed by atoms with Gasteiger partial charge in [-0.05, 0) is 42.3 Å². The van der Waals surface area contributed by atoms with Crippen molar-refractivity contribution in [2.75, 3.05) is 44.7 Å². The van der Waals surface area contributed by atoms with Crippen molar-refractivity contribution in [3.63, 3.8) is 0 Å². The van der Waals surface area contributed by atoms with Crippen LogP contribution in [-0.4, -0.2) is 67.8 Å². The van der Waals surface area contributed by atoms with Gasteiger partial charge in [0.1, 0.15) is 22.2 Å². The second-order valence-corrected chi connectivity index (χ2v) is 12.0. The third kappa shape index (κ3) is 5.75. The molecule has 0 amide bonds. The molecule has 40 heavy (non-hydrogen) atoms. The Kier molecular flexibility index (Phi) is 7.96. The summed E-state index contributed by atoms with van der Waals surface area (Å²) in [6, 6.07) is 4.63. The standard InChI is InChI=1S/C27H29ClFN5O5S/c1-27(7-5-24-30-15-18(26(35)34(24)17-27)6-8-33-9-11-39-12-10-33)19-13-22(25(38-2)31-16-19)32-40(36,37)23-4-3-20(29)14-21(23)28/h3-5,7,13-16,32H,6,8-12,17H2,1-2H3. The lowest BCUT2D eigenvalue weighted by molar-refractivity contribution is 0.0384. The molecule has 5 rings (SSSR count).